The van der Waals surface area contributed by atoms with Crippen LogP contribution in [0.2, 0.25) is 0 Å². The highest BCUT2D eigenvalue weighted by Gasteiger charge is 2.33. The maximum Gasteiger partial charge on any atom is 0.271 e. The van der Waals surface area contributed by atoms with Crippen LogP contribution >= 0.6 is 0 Å². The molecule has 10 nitrogen and oxygen atoms in total. The lowest BCUT2D eigenvalue weighted by Gasteiger charge is -2.38. The van der Waals surface area contributed by atoms with Gasteiger partial charge in [0, 0.05) is 31.6 Å². The number of nitrogens with zero attached hydrogens (tertiary/aromatic N) is 3. The molecule has 0 radical (unpaired) electrons. The molecular weight excluding hydrogens is 668 g/mol. The second-order valence-corrected chi connectivity index (χ2v) is 13.4. The van der Waals surface area contributed by atoms with Crippen LogP contribution in [-0.2, 0) is 22.6 Å². The predicted molar refractivity (Wildman–Crippen MR) is 202 cm³/mol. The third-order valence-corrected chi connectivity index (χ3v) is 9.42. The van der Waals surface area contributed by atoms with Crippen molar-refractivity contribution in [3.63, 3.8) is 0 Å². The van der Waals surface area contributed by atoms with Crippen molar-refractivity contribution in [3.8, 4) is 16.9 Å². The maximum absolute atomic E-state index is 12.9. The first-order valence-electron chi connectivity index (χ1n) is 17.7. The van der Waals surface area contributed by atoms with Gasteiger partial charge in [-0.05, 0) is 76.8 Å². The van der Waals surface area contributed by atoms with Crippen molar-refractivity contribution in [2.75, 3.05) is 20.1 Å². The van der Waals surface area contributed by atoms with Crippen molar-refractivity contribution in [3.05, 3.63) is 161 Å². The zero-order chi connectivity index (χ0) is 36.7. The van der Waals surface area contributed by atoms with Gasteiger partial charge in [-0.2, -0.15) is 0 Å². The van der Waals surface area contributed by atoms with Crippen LogP contribution in [0.1, 0.15) is 63.2 Å². The van der Waals surface area contributed by atoms with Gasteiger partial charge in [-0.3, -0.25) is 9.78 Å². The summed E-state index contributed by atoms with van der Waals surface area (Å²) in [4.78, 5) is 23.8. The number of amides is 1. The Labute approximate surface area is 308 Å². The van der Waals surface area contributed by atoms with Gasteiger partial charge < -0.3 is 35.0 Å². The predicted octanol–water partition coefficient (Wildman–Crippen LogP) is 6.64. The Hall–Kier alpha value is -5.49. The van der Waals surface area contributed by atoms with Gasteiger partial charge in [-0.15, -0.1) is 0 Å². The number of ether oxygens (including phenoxy) is 2. The van der Waals surface area contributed by atoms with E-state index in [1.165, 1.54) is 6.20 Å². The third kappa shape index (κ3) is 8.94. The second kappa shape index (κ2) is 16.5. The Morgan fingerprint density at radius 1 is 0.849 bits per heavy atom. The Morgan fingerprint density at radius 3 is 2.40 bits per heavy atom. The molecule has 1 aromatic heterocycles. The molecule has 0 bridgehead atoms. The minimum Gasteiger partial charge on any atom is -0.508 e. The van der Waals surface area contributed by atoms with Crippen molar-refractivity contribution in [1.29, 1.82) is 0 Å². The summed E-state index contributed by atoms with van der Waals surface area (Å²) in [6.45, 7) is 1.18. The lowest BCUT2D eigenvalue weighted by molar-refractivity contribution is -0.252. The molecule has 7 rings (SSSR count). The monoisotopic (exact) mass is 710 g/mol. The first-order valence-corrected chi connectivity index (χ1v) is 17.7. The van der Waals surface area contributed by atoms with Gasteiger partial charge in [0.15, 0.2) is 6.29 Å². The van der Waals surface area contributed by atoms with Gasteiger partial charge in [0.25, 0.3) is 5.91 Å². The highest BCUT2D eigenvalue weighted by Crippen LogP contribution is 2.39. The van der Waals surface area contributed by atoms with Crippen LogP contribution in [0.25, 0.3) is 22.2 Å². The fraction of sp³-hybridized carbons (Fsp3) is 0.233. The number of aliphatic hydroxyl groups is 2. The summed E-state index contributed by atoms with van der Waals surface area (Å²) in [6, 6.07) is 38.0. The largest absolute Gasteiger partial charge is 0.508 e. The fourth-order valence-electron chi connectivity index (χ4n) is 6.65. The Kier molecular flexibility index (Phi) is 11.1. The molecule has 1 amide bonds. The SMILES string of the molecule is CN(C[C@@H]1C[C@H](c2ccc(CO)cc2)O[C@H](c2cccc(-c3cccc(CNC(=O)c4cnc5ccccc5n4)c3)c2)O1)C[C@@H](O)c1cccc(O)c1. The highest BCUT2D eigenvalue weighted by molar-refractivity contribution is 5.93. The van der Waals surface area contributed by atoms with Crippen LogP contribution in [0.3, 0.4) is 0 Å². The van der Waals surface area contributed by atoms with E-state index in [2.05, 4.69) is 27.4 Å². The van der Waals surface area contributed by atoms with Gasteiger partial charge in [0.05, 0.1) is 42.1 Å². The molecule has 1 aliphatic heterocycles. The molecule has 2 heterocycles. The van der Waals surface area contributed by atoms with E-state index in [9.17, 15) is 20.1 Å². The number of hydrogen-bond donors (Lipinski definition) is 4. The van der Waals surface area contributed by atoms with Crippen molar-refractivity contribution in [2.45, 2.75) is 44.2 Å². The quantitative estimate of drug-likeness (QED) is 0.110. The summed E-state index contributed by atoms with van der Waals surface area (Å²) in [6.07, 6.45) is 0.162. The summed E-state index contributed by atoms with van der Waals surface area (Å²) in [5, 5.41) is 33.3. The van der Waals surface area contributed by atoms with Gasteiger partial charge in [-0.25, -0.2) is 4.98 Å². The Morgan fingerprint density at radius 2 is 1.60 bits per heavy atom. The van der Waals surface area contributed by atoms with E-state index in [1.807, 2.05) is 96.9 Å². The van der Waals surface area contributed by atoms with E-state index < -0.39 is 12.4 Å². The van der Waals surface area contributed by atoms with Gasteiger partial charge >= 0.3 is 0 Å². The van der Waals surface area contributed by atoms with Crippen LogP contribution in [-0.4, -0.2) is 62.3 Å². The van der Waals surface area contributed by atoms with E-state index in [0.717, 1.165) is 38.9 Å². The summed E-state index contributed by atoms with van der Waals surface area (Å²) < 4.78 is 13.2. The van der Waals surface area contributed by atoms with E-state index in [1.54, 1.807) is 24.3 Å². The minimum atomic E-state index is -0.780. The molecule has 0 aliphatic carbocycles. The van der Waals surface area contributed by atoms with Gasteiger partial charge in [0.2, 0.25) is 0 Å². The fourth-order valence-corrected chi connectivity index (χ4v) is 6.65. The molecule has 0 unspecified atom stereocenters. The lowest BCUT2D eigenvalue weighted by Crippen LogP contribution is -2.39. The first kappa shape index (κ1) is 35.9. The molecule has 1 aliphatic rings. The number of hydrogen-bond acceptors (Lipinski definition) is 9. The molecule has 0 saturated carbocycles. The van der Waals surface area contributed by atoms with Crippen molar-refractivity contribution in [1.82, 2.24) is 20.2 Å². The molecule has 5 aromatic carbocycles. The summed E-state index contributed by atoms with van der Waals surface area (Å²) in [7, 11) is 1.94. The minimum absolute atomic E-state index is 0.0357. The first-order chi connectivity index (χ1) is 25.8. The number of phenolic OH excluding ortho intramolecular Hbond substituents is 1. The van der Waals surface area contributed by atoms with Crippen molar-refractivity contribution >= 4 is 16.9 Å². The number of phenols is 1. The topological polar surface area (TPSA) is 137 Å². The molecular formula is C43H42N4O6. The molecule has 0 spiro atoms. The molecule has 4 atom stereocenters. The number of carbonyl (C=O) groups excluding carboxylic acids is 1. The Balaban J connectivity index is 1.06. The number of aromatic nitrogens is 2. The lowest BCUT2D eigenvalue weighted by atomic mass is 9.98. The van der Waals surface area contributed by atoms with Crippen LogP contribution in [0.5, 0.6) is 5.75 Å². The number of carbonyl (C=O) groups is 1. The van der Waals surface area contributed by atoms with Crippen molar-refractivity contribution < 1.29 is 29.6 Å². The maximum atomic E-state index is 12.9. The zero-order valence-electron chi connectivity index (χ0n) is 29.4. The molecule has 10 heteroatoms. The summed E-state index contributed by atoms with van der Waals surface area (Å²) in [5.74, 6) is -0.181. The molecule has 4 N–H and O–H groups in total. The average Bonchev–Trinajstić information content (AvgIpc) is 3.19. The van der Waals surface area contributed by atoms with E-state index >= 15 is 0 Å². The highest BCUT2D eigenvalue weighted by atomic mass is 16.7. The second-order valence-electron chi connectivity index (χ2n) is 13.4. The number of benzene rings is 5. The standard InChI is InChI=1S/C43H42N4O6/c1-47(26-40(50)33-10-6-12-35(49)21-33)25-36-22-41(30-17-15-28(27-48)16-18-30)53-43(52-36)34-11-5-9-32(20-34)31-8-4-7-29(19-31)23-45-42(51)39-24-44-37-13-2-3-14-38(37)46-39/h2-21,24,36,40-41,43,48-50H,22-23,25-27H2,1H3,(H,45,51)/t36-,40+,41+,43+/m0/s1. The van der Waals surface area contributed by atoms with E-state index in [4.69, 9.17) is 9.47 Å². The number of fused-ring (bicyclic) bond motifs is 1. The zero-order valence-corrected chi connectivity index (χ0v) is 29.4. The van der Waals surface area contributed by atoms with Crippen LogP contribution < -0.4 is 5.32 Å². The van der Waals surface area contributed by atoms with Crippen LogP contribution in [0, 0.1) is 0 Å². The van der Waals surface area contributed by atoms with Crippen LogP contribution in [0.4, 0.5) is 0 Å². The van der Waals surface area contributed by atoms with E-state index in [0.29, 0.717) is 37.1 Å². The number of likely N-dealkylation sites (N-methyl/N-ethyl adjacent to an activating group) is 1. The molecule has 1 saturated heterocycles. The summed E-state index contributed by atoms with van der Waals surface area (Å²) >= 11 is 0. The van der Waals surface area contributed by atoms with E-state index in [-0.39, 0.29) is 36.2 Å². The average molecular weight is 711 g/mol. The van der Waals surface area contributed by atoms with Crippen molar-refractivity contribution in [2.24, 2.45) is 0 Å². The summed E-state index contributed by atoms with van der Waals surface area (Å²) in [5.41, 5.74) is 7.87. The molecule has 1 fully saturated rings. The molecule has 53 heavy (non-hydrogen) atoms. The number of para-hydroxylation sites is 2. The normalized spacial score (nSPS) is 17.8. The number of nitrogens with one attached hydrogen (secondary N) is 1. The third-order valence-electron chi connectivity index (χ3n) is 9.42. The number of aromatic hydroxyl groups is 1. The number of aliphatic hydroxyl groups excluding tert-OH is 2. The Bertz CT molecular complexity index is 2180. The van der Waals surface area contributed by atoms with Gasteiger partial charge in [0.1, 0.15) is 11.4 Å². The smallest absolute Gasteiger partial charge is 0.271 e. The molecule has 270 valence electrons. The van der Waals surface area contributed by atoms with Gasteiger partial charge in [-0.1, -0.05) is 84.9 Å². The van der Waals surface area contributed by atoms with Crippen LogP contribution in [0.15, 0.2) is 128 Å². The number of rotatable bonds is 12. The molecule has 6 aromatic rings.